The number of sulfonamides is 1. The average molecular weight is 310 g/mol. The number of aryl methyl sites for hydroxylation is 2. The van der Waals surface area contributed by atoms with Gasteiger partial charge in [0.2, 0.25) is 0 Å². The van der Waals surface area contributed by atoms with E-state index in [0.29, 0.717) is 0 Å². The highest BCUT2D eigenvalue weighted by molar-refractivity contribution is 7.92. The molecule has 8 nitrogen and oxygen atoms in total. The maximum atomic E-state index is 12.2. The molecule has 0 amide bonds. The van der Waals surface area contributed by atoms with Crippen LogP contribution in [0.1, 0.15) is 11.1 Å². The van der Waals surface area contributed by atoms with Crippen LogP contribution in [0.15, 0.2) is 29.3 Å². The third-order valence-electron chi connectivity index (χ3n) is 2.84. The van der Waals surface area contributed by atoms with Gasteiger partial charge in [0.15, 0.2) is 12.4 Å². The average Bonchev–Trinajstić information content (AvgIpc) is 2.78. The predicted molar refractivity (Wildman–Crippen MR) is 74.4 cm³/mol. The highest BCUT2D eigenvalue weighted by atomic mass is 32.2. The van der Waals surface area contributed by atoms with Gasteiger partial charge in [0.1, 0.15) is 0 Å². The number of anilines is 1. The summed E-state index contributed by atoms with van der Waals surface area (Å²) in [7, 11) is -3.78. The fourth-order valence-electron chi connectivity index (χ4n) is 1.62. The smallest absolute Gasteiger partial charge is 0.327 e. The molecule has 112 valence electrons. The van der Waals surface area contributed by atoms with Gasteiger partial charge in [0.25, 0.3) is 10.0 Å². The lowest BCUT2D eigenvalue weighted by atomic mass is 10.1. The van der Waals surface area contributed by atoms with Crippen LogP contribution in [0.4, 0.5) is 5.82 Å². The minimum atomic E-state index is -3.78. The van der Waals surface area contributed by atoms with E-state index in [0.717, 1.165) is 22.1 Å². The van der Waals surface area contributed by atoms with E-state index in [1.807, 2.05) is 13.8 Å². The molecule has 2 N–H and O–H groups in total. The number of nitrogens with one attached hydrogen (secondary N) is 1. The van der Waals surface area contributed by atoms with Gasteiger partial charge in [-0.1, -0.05) is 6.07 Å². The van der Waals surface area contributed by atoms with E-state index in [4.69, 9.17) is 5.11 Å². The van der Waals surface area contributed by atoms with Crippen molar-refractivity contribution in [3.63, 3.8) is 0 Å². The van der Waals surface area contributed by atoms with Gasteiger partial charge in [-0.2, -0.15) is 9.90 Å². The van der Waals surface area contributed by atoms with Crippen molar-refractivity contribution in [3.05, 3.63) is 35.5 Å². The minimum absolute atomic E-state index is 0.0329. The van der Waals surface area contributed by atoms with Crippen LogP contribution in [0.25, 0.3) is 0 Å². The van der Waals surface area contributed by atoms with Gasteiger partial charge in [-0.05, 0) is 37.1 Å². The SMILES string of the molecule is Cc1ccc(S(=O)(=O)Nc2cnn(CC(=O)O)n2)cc1C. The topological polar surface area (TPSA) is 114 Å². The number of rotatable bonds is 5. The zero-order valence-electron chi connectivity index (χ0n) is 11.4. The molecule has 0 spiro atoms. The van der Waals surface area contributed by atoms with Crippen LogP contribution in [0, 0.1) is 13.8 Å². The molecule has 0 atom stereocenters. The summed E-state index contributed by atoms with van der Waals surface area (Å²) in [4.78, 5) is 11.5. The standard InChI is InChI=1S/C12H14N4O4S/c1-8-3-4-10(5-9(8)2)21(19,20)15-11-6-13-16(14-11)7-12(17)18/h3-6H,7H2,1-2H3,(H,14,15)(H,17,18). The predicted octanol–water partition coefficient (Wildman–Crippen LogP) is 0.780. The fourth-order valence-corrected chi connectivity index (χ4v) is 2.68. The van der Waals surface area contributed by atoms with E-state index in [1.54, 1.807) is 12.1 Å². The molecule has 0 unspecified atom stereocenters. The molecule has 0 saturated heterocycles. The molecular formula is C12H14N4O4S. The molecule has 0 aliphatic rings. The molecule has 0 radical (unpaired) electrons. The van der Waals surface area contributed by atoms with E-state index in [9.17, 15) is 13.2 Å². The van der Waals surface area contributed by atoms with Gasteiger partial charge in [-0.3, -0.25) is 9.52 Å². The van der Waals surface area contributed by atoms with Gasteiger partial charge in [0.05, 0.1) is 11.1 Å². The highest BCUT2D eigenvalue weighted by Gasteiger charge is 2.17. The molecule has 2 aromatic rings. The van der Waals surface area contributed by atoms with Crippen molar-refractivity contribution in [2.45, 2.75) is 25.3 Å². The number of hydrogen-bond donors (Lipinski definition) is 2. The lowest BCUT2D eigenvalue weighted by Crippen LogP contribution is -2.15. The molecule has 0 aliphatic heterocycles. The van der Waals surface area contributed by atoms with E-state index in [2.05, 4.69) is 14.9 Å². The van der Waals surface area contributed by atoms with Gasteiger partial charge in [0, 0.05) is 0 Å². The second-order valence-electron chi connectivity index (χ2n) is 4.51. The first-order valence-corrected chi connectivity index (χ1v) is 7.48. The van der Waals surface area contributed by atoms with Crippen molar-refractivity contribution < 1.29 is 18.3 Å². The summed E-state index contributed by atoms with van der Waals surface area (Å²) in [5.74, 6) is -1.15. The molecule has 0 fully saturated rings. The summed E-state index contributed by atoms with van der Waals surface area (Å²) in [6.45, 7) is 3.26. The van der Waals surface area contributed by atoms with E-state index in [1.165, 1.54) is 6.07 Å². The zero-order valence-corrected chi connectivity index (χ0v) is 12.3. The van der Waals surface area contributed by atoms with Crippen molar-refractivity contribution >= 4 is 21.8 Å². The zero-order chi connectivity index (χ0) is 15.6. The summed E-state index contributed by atoms with van der Waals surface area (Å²) >= 11 is 0. The molecule has 0 saturated carbocycles. The molecule has 21 heavy (non-hydrogen) atoms. The molecule has 1 heterocycles. The van der Waals surface area contributed by atoms with Crippen molar-refractivity contribution in [1.29, 1.82) is 0 Å². The number of carbonyl (C=O) groups is 1. The Morgan fingerprint density at radius 1 is 1.33 bits per heavy atom. The second-order valence-corrected chi connectivity index (χ2v) is 6.19. The summed E-state index contributed by atoms with van der Waals surface area (Å²) < 4.78 is 26.6. The van der Waals surface area contributed by atoms with Crippen molar-refractivity contribution in [3.8, 4) is 0 Å². The van der Waals surface area contributed by atoms with Crippen LogP contribution in [0.2, 0.25) is 0 Å². The van der Waals surface area contributed by atoms with Crippen LogP contribution in [-0.2, 0) is 21.4 Å². The van der Waals surface area contributed by atoms with Gasteiger partial charge < -0.3 is 5.11 Å². The van der Waals surface area contributed by atoms with Crippen LogP contribution >= 0.6 is 0 Å². The Kier molecular flexibility index (Phi) is 3.94. The summed E-state index contributed by atoms with van der Waals surface area (Å²) in [5, 5.41) is 16.0. The molecule has 9 heteroatoms. The molecule has 0 aliphatic carbocycles. The first kappa shape index (κ1) is 15.0. The molecule has 0 bridgehead atoms. The Labute approximate surface area is 121 Å². The molecular weight excluding hydrogens is 296 g/mol. The second kappa shape index (κ2) is 5.52. The first-order chi connectivity index (χ1) is 9.78. The number of carboxylic acids is 1. The highest BCUT2D eigenvalue weighted by Crippen LogP contribution is 2.17. The lowest BCUT2D eigenvalue weighted by molar-refractivity contribution is -0.138. The Bertz CT molecular complexity index is 782. The number of hydrogen-bond acceptors (Lipinski definition) is 5. The van der Waals surface area contributed by atoms with Gasteiger partial charge >= 0.3 is 5.97 Å². The molecule has 1 aromatic heterocycles. The van der Waals surface area contributed by atoms with E-state index in [-0.39, 0.29) is 10.7 Å². The Morgan fingerprint density at radius 2 is 2.05 bits per heavy atom. The van der Waals surface area contributed by atoms with Crippen LogP contribution in [-0.4, -0.2) is 34.5 Å². The number of benzene rings is 1. The Morgan fingerprint density at radius 3 is 2.67 bits per heavy atom. The van der Waals surface area contributed by atoms with Crippen molar-refractivity contribution in [2.75, 3.05) is 4.72 Å². The third kappa shape index (κ3) is 3.57. The van der Waals surface area contributed by atoms with Crippen LogP contribution < -0.4 is 4.72 Å². The van der Waals surface area contributed by atoms with Gasteiger partial charge in [-0.25, -0.2) is 8.42 Å². The van der Waals surface area contributed by atoms with Crippen molar-refractivity contribution in [1.82, 2.24) is 15.0 Å². The van der Waals surface area contributed by atoms with Crippen LogP contribution in [0.5, 0.6) is 0 Å². The third-order valence-corrected chi connectivity index (χ3v) is 4.19. The normalized spacial score (nSPS) is 11.3. The molecule has 2 rings (SSSR count). The monoisotopic (exact) mass is 310 g/mol. The largest absolute Gasteiger partial charge is 0.480 e. The van der Waals surface area contributed by atoms with Crippen molar-refractivity contribution in [2.24, 2.45) is 0 Å². The number of aliphatic carboxylic acids is 1. The lowest BCUT2D eigenvalue weighted by Gasteiger charge is -2.07. The Balaban J connectivity index is 2.22. The van der Waals surface area contributed by atoms with E-state index < -0.39 is 22.5 Å². The Hall–Kier alpha value is -2.42. The maximum absolute atomic E-state index is 12.2. The molecule has 1 aromatic carbocycles. The minimum Gasteiger partial charge on any atom is -0.480 e. The summed E-state index contributed by atoms with van der Waals surface area (Å²) in [5.41, 5.74) is 1.84. The quantitative estimate of drug-likeness (QED) is 0.843. The van der Waals surface area contributed by atoms with Crippen LogP contribution in [0.3, 0.4) is 0 Å². The van der Waals surface area contributed by atoms with E-state index >= 15 is 0 Å². The first-order valence-electron chi connectivity index (χ1n) is 6.00. The maximum Gasteiger partial charge on any atom is 0.327 e. The summed E-state index contributed by atoms with van der Waals surface area (Å²) in [6, 6.07) is 4.76. The fraction of sp³-hybridized carbons (Fsp3) is 0.250. The number of nitrogens with zero attached hydrogens (tertiary/aromatic N) is 3. The number of aromatic nitrogens is 3. The number of carboxylic acid groups (broad SMARTS) is 1. The van der Waals surface area contributed by atoms with Gasteiger partial charge in [-0.15, -0.1) is 5.10 Å². The summed E-state index contributed by atoms with van der Waals surface area (Å²) in [6.07, 6.45) is 1.15.